The van der Waals surface area contributed by atoms with Gasteiger partial charge in [0.05, 0.1) is 6.61 Å². The van der Waals surface area contributed by atoms with E-state index in [1.165, 1.54) is 0 Å². The molecule has 0 aliphatic carbocycles. The van der Waals surface area contributed by atoms with Gasteiger partial charge < -0.3 is 4.74 Å². The molecular weight excluding hydrogens is 208 g/mol. The van der Waals surface area contributed by atoms with Crippen LogP contribution in [0.3, 0.4) is 0 Å². The number of imide groups is 1. The lowest BCUT2D eigenvalue weighted by Crippen LogP contribution is -2.39. The maximum atomic E-state index is 10.9. The lowest BCUT2D eigenvalue weighted by atomic mass is 10.2. The summed E-state index contributed by atoms with van der Waals surface area (Å²) >= 11 is 4.95. The third kappa shape index (κ3) is 5.77. The standard InChI is InChI=1S/C8H15ClN2O3/c1-2-3-4-5-6-14-8(13)11(10)7(9)12/h2-6,10H2,1H3. The highest BCUT2D eigenvalue weighted by atomic mass is 35.5. The van der Waals surface area contributed by atoms with E-state index in [9.17, 15) is 9.59 Å². The van der Waals surface area contributed by atoms with Crippen molar-refractivity contribution < 1.29 is 14.3 Å². The number of ether oxygens (including phenoxy) is 1. The van der Waals surface area contributed by atoms with E-state index in [0.717, 1.165) is 25.7 Å². The van der Waals surface area contributed by atoms with Crippen LogP contribution in [-0.2, 0) is 4.74 Å². The first-order valence-electron chi connectivity index (χ1n) is 4.50. The summed E-state index contributed by atoms with van der Waals surface area (Å²) in [6, 6.07) is 0. The molecule has 0 heterocycles. The minimum atomic E-state index is -1.05. The summed E-state index contributed by atoms with van der Waals surface area (Å²) in [6.45, 7) is 2.34. The number of amides is 2. The predicted octanol–water partition coefficient (Wildman–Crippen LogP) is 2.24. The van der Waals surface area contributed by atoms with Gasteiger partial charge in [-0.3, -0.25) is 4.79 Å². The summed E-state index contributed by atoms with van der Waals surface area (Å²) in [4.78, 5) is 21.3. The van der Waals surface area contributed by atoms with Crippen molar-refractivity contribution in [1.29, 1.82) is 0 Å². The average Bonchev–Trinajstić information content (AvgIpc) is 2.16. The number of carbonyl (C=O) groups is 2. The first-order chi connectivity index (χ1) is 6.59. The fraction of sp³-hybridized carbons (Fsp3) is 0.750. The molecule has 14 heavy (non-hydrogen) atoms. The first-order valence-corrected chi connectivity index (χ1v) is 4.88. The number of hydrogen-bond acceptors (Lipinski definition) is 4. The Hall–Kier alpha value is -0.810. The van der Waals surface area contributed by atoms with Crippen LogP contribution < -0.4 is 5.84 Å². The van der Waals surface area contributed by atoms with E-state index in [-0.39, 0.29) is 11.6 Å². The second kappa shape index (κ2) is 7.58. The fourth-order valence-corrected chi connectivity index (χ4v) is 0.899. The summed E-state index contributed by atoms with van der Waals surface area (Å²) in [5.41, 5.74) is 0. The molecule has 0 saturated carbocycles. The lowest BCUT2D eigenvalue weighted by Gasteiger charge is -2.10. The van der Waals surface area contributed by atoms with Crippen molar-refractivity contribution in [2.24, 2.45) is 5.84 Å². The molecule has 0 aliphatic rings. The Balaban J connectivity index is 3.49. The van der Waals surface area contributed by atoms with Crippen LogP contribution in [0, 0.1) is 0 Å². The van der Waals surface area contributed by atoms with E-state index < -0.39 is 11.5 Å². The highest BCUT2D eigenvalue weighted by Crippen LogP contribution is 2.00. The smallest absolute Gasteiger partial charge is 0.432 e. The molecule has 0 atom stereocenters. The van der Waals surface area contributed by atoms with Gasteiger partial charge >= 0.3 is 11.5 Å². The Morgan fingerprint density at radius 3 is 2.50 bits per heavy atom. The van der Waals surface area contributed by atoms with Gasteiger partial charge in [0.2, 0.25) is 0 Å². The summed E-state index contributed by atoms with van der Waals surface area (Å²) < 4.78 is 4.67. The van der Waals surface area contributed by atoms with E-state index in [1.807, 2.05) is 0 Å². The van der Waals surface area contributed by atoms with Crippen LogP contribution in [0.15, 0.2) is 0 Å². The maximum absolute atomic E-state index is 10.9. The summed E-state index contributed by atoms with van der Waals surface area (Å²) in [5, 5.41) is -0.815. The third-order valence-corrected chi connectivity index (χ3v) is 1.79. The number of nitrogens with zero attached hydrogens (tertiary/aromatic N) is 1. The second-order valence-electron chi connectivity index (χ2n) is 2.80. The Bertz CT molecular complexity index is 199. The molecule has 2 amide bonds. The molecule has 0 saturated heterocycles. The van der Waals surface area contributed by atoms with Gasteiger partial charge in [-0.05, 0) is 18.0 Å². The molecule has 0 aromatic heterocycles. The molecule has 0 aromatic carbocycles. The molecule has 0 radical (unpaired) electrons. The van der Waals surface area contributed by atoms with Gasteiger partial charge in [0.25, 0.3) is 0 Å². The van der Waals surface area contributed by atoms with Gasteiger partial charge in [0.1, 0.15) is 0 Å². The number of nitrogens with two attached hydrogens (primary N) is 1. The zero-order valence-electron chi connectivity index (χ0n) is 8.16. The number of hydrogen-bond donors (Lipinski definition) is 1. The number of carbonyl (C=O) groups excluding carboxylic acids is 2. The van der Waals surface area contributed by atoms with Crippen LogP contribution in [0.1, 0.15) is 32.6 Å². The van der Waals surface area contributed by atoms with Crippen LogP contribution in [0.4, 0.5) is 9.59 Å². The molecule has 0 spiro atoms. The molecule has 2 N–H and O–H groups in total. The van der Waals surface area contributed by atoms with E-state index in [4.69, 9.17) is 17.4 Å². The SMILES string of the molecule is CCCCCCOC(=O)N(N)C(=O)Cl. The normalized spacial score (nSPS) is 9.64. The Morgan fingerprint density at radius 2 is 2.00 bits per heavy atom. The molecular formula is C8H15ClN2O3. The number of unbranched alkanes of at least 4 members (excludes halogenated alkanes) is 3. The van der Waals surface area contributed by atoms with Gasteiger partial charge in [0, 0.05) is 0 Å². The number of rotatable bonds is 5. The Labute approximate surface area is 88.1 Å². The third-order valence-electron chi connectivity index (χ3n) is 1.61. The van der Waals surface area contributed by atoms with E-state index in [0.29, 0.717) is 0 Å². The minimum Gasteiger partial charge on any atom is -0.448 e. The number of hydrazine groups is 1. The zero-order chi connectivity index (χ0) is 11.0. The monoisotopic (exact) mass is 222 g/mol. The minimum absolute atomic E-state index is 0.237. The Kier molecular flexibility index (Phi) is 7.14. The van der Waals surface area contributed by atoms with Crippen molar-refractivity contribution in [3.05, 3.63) is 0 Å². The average molecular weight is 223 g/mol. The van der Waals surface area contributed by atoms with Crippen molar-refractivity contribution in [1.82, 2.24) is 5.01 Å². The molecule has 0 rings (SSSR count). The van der Waals surface area contributed by atoms with Crippen LogP contribution in [0.2, 0.25) is 0 Å². The highest BCUT2D eigenvalue weighted by molar-refractivity contribution is 6.63. The lowest BCUT2D eigenvalue weighted by molar-refractivity contribution is 0.113. The molecule has 0 aromatic rings. The van der Waals surface area contributed by atoms with Crippen LogP contribution in [0.25, 0.3) is 0 Å². The quantitative estimate of drug-likeness (QED) is 0.193. The van der Waals surface area contributed by atoms with E-state index in [1.54, 1.807) is 0 Å². The summed E-state index contributed by atoms with van der Waals surface area (Å²) in [7, 11) is 0. The summed E-state index contributed by atoms with van der Waals surface area (Å²) in [6.07, 6.45) is 3.05. The highest BCUT2D eigenvalue weighted by Gasteiger charge is 2.16. The van der Waals surface area contributed by atoms with Gasteiger partial charge in [-0.2, -0.15) is 5.01 Å². The molecule has 0 unspecified atom stereocenters. The van der Waals surface area contributed by atoms with Crippen LogP contribution >= 0.6 is 11.6 Å². The largest absolute Gasteiger partial charge is 0.448 e. The topological polar surface area (TPSA) is 72.6 Å². The van der Waals surface area contributed by atoms with Gasteiger partial charge in [-0.1, -0.05) is 26.2 Å². The molecule has 82 valence electrons. The molecule has 5 nitrogen and oxygen atoms in total. The first kappa shape index (κ1) is 13.2. The van der Waals surface area contributed by atoms with Gasteiger partial charge in [-0.25, -0.2) is 10.6 Å². The van der Waals surface area contributed by atoms with Crippen LogP contribution in [-0.4, -0.2) is 23.1 Å². The Morgan fingerprint density at radius 1 is 1.36 bits per heavy atom. The van der Waals surface area contributed by atoms with E-state index >= 15 is 0 Å². The summed E-state index contributed by atoms with van der Waals surface area (Å²) in [5.74, 6) is 4.98. The van der Waals surface area contributed by atoms with Crippen molar-refractivity contribution in [2.75, 3.05) is 6.61 Å². The van der Waals surface area contributed by atoms with Gasteiger partial charge in [0.15, 0.2) is 0 Å². The maximum Gasteiger partial charge on any atom is 0.432 e. The van der Waals surface area contributed by atoms with Crippen molar-refractivity contribution in [3.8, 4) is 0 Å². The van der Waals surface area contributed by atoms with Gasteiger partial charge in [-0.15, -0.1) is 0 Å². The molecule has 0 bridgehead atoms. The second-order valence-corrected chi connectivity index (χ2v) is 3.12. The fourth-order valence-electron chi connectivity index (χ4n) is 0.830. The van der Waals surface area contributed by atoms with Crippen LogP contribution in [0.5, 0.6) is 0 Å². The molecule has 0 aliphatic heterocycles. The predicted molar refractivity (Wildman–Crippen MR) is 52.8 cm³/mol. The van der Waals surface area contributed by atoms with Crippen molar-refractivity contribution >= 4 is 23.1 Å². The number of halogens is 1. The van der Waals surface area contributed by atoms with E-state index in [2.05, 4.69) is 11.7 Å². The van der Waals surface area contributed by atoms with Crippen molar-refractivity contribution in [3.63, 3.8) is 0 Å². The zero-order valence-corrected chi connectivity index (χ0v) is 8.92. The van der Waals surface area contributed by atoms with Crippen molar-refractivity contribution in [2.45, 2.75) is 32.6 Å². The molecule has 6 heteroatoms. The molecule has 0 fully saturated rings.